The van der Waals surface area contributed by atoms with Crippen molar-refractivity contribution in [2.45, 2.75) is 26.4 Å². The van der Waals surface area contributed by atoms with E-state index in [1.54, 1.807) is 13.2 Å². The van der Waals surface area contributed by atoms with Gasteiger partial charge in [-0.3, -0.25) is 4.79 Å². The third-order valence-corrected chi connectivity index (χ3v) is 5.07. The number of nitrogens with one attached hydrogen (secondary N) is 1. The molecule has 0 saturated carbocycles. The van der Waals surface area contributed by atoms with Crippen molar-refractivity contribution in [1.29, 1.82) is 0 Å². The van der Waals surface area contributed by atoms with Crippen LogP contribution in [-0.2, 0) is 11.4 Å². The molecule has 0 atom stereocenters. The Kier molecular flexibility index (Phi) is 9.21. The maximum absolute atomic E-state index is 12.5. The zero-order valence-electron chi connectivity index (χ0n) is 18.8. The Hall–Kier alpha value is -3.44. The Bertz CT molecular complexity index is 1080. The van der Waals surface area contributed by atoms with E-state index in [2.05, 4.69) is 12.2 Å². The van der Waals surface area contributed by atoms with Gasteiger partial charge in [0.15, 0.2) is 11.5 Å². The van der Waals surface area contributed by atoms with Crippen molar-refractivity contribution in [2.75, 3.05) is 19.0 Å². The smallest absolute Gasteiger partial charge is 0.248 e. The average Bonchev–Trinajstić information content (AvgIpc) is 2.84. The summed E-state index contributed by atoms with van der Waals surface area (Å²) in [7, 11) is 1.58. The molecule has 3 rings (SSSR count). The number of amides is 1. The Morgan fingerprint density at radius 2 is 1.76 bits per heavy atom. The molecule has 1 N–H and O–H groups in total. The summed E-state index contributed by atoms with van der Waals surface area (Å²) in [6.07, 6.45) is 5.21. The number of rotatable bonds is 11. The van der Waals surface area contributed by atoms with Gasteiger partial charge in [0.05, 0.1) is 19.4 Å². The van der Waals surface area contributed by atoms with Crippen LogP contribution < -0.4 is 19.5 Å². The molecule has 172 valence electrons. The third-order valence-electron chi connectivity index (χ3n) is 4.82. The van der Waals surface area contributed by atoms with Crippen molar-refractivity contribution in [3.05, 3.63) is 89.0 Å². The summed E-state index contributed by atoms with van der Waals surface area (Å²) in [4.78, 5) is 12.5. The average molecular weight is 466 g/mol. The van der Waals surface area contributed by atoms with Crippen molar-refractivity contribution in [1.82, 2.24) is 0 Å². The summed E-state index contributed by atoms with van der Waals surface area (Å²) in [6, 6.07) is 20.4. The molecule has 3 aromatic carbocycles. The van der Waals surface area contributed by atoms with Gasteiger partial charge < -0.3 is 19.5 Å². The second kappa shape index (κ2) is 12.6. The van der Waals surface area contributed by atoms with Gasteiger partial charge in [-0.25, -0.2) is 0 Å². The Morgan fingerprint density at radius 1 is 0.970 bits per heavy atom. The number of halogens is 1. The molecule has 6 heteroatoms. The van der Waals surface area contributed by atoms with E-state index >= 15 is 0 Å². The quantitative estimate of drug-likeness (QED) is 0.251. The molecule has 0 aliphatic carbocycles. The Labute approximate surface area is 199 Å². The van der Waals surface area contributed by atoms with Gasteiger partial charge in [-0.05, 0) is 60.0 Å². The molecule has 1 amide bonds. The highest BCUT2D eigenvalue weighted by Gasteiger charge is 2.08. The van der Waals surface area contributed by atoms with E-state index in [-0.39, 0.29) is 5.91 Å². The lowest BCUT2D eigenvalue weighted by atomic mass is 10.2. The standard InChI is InChI=1S/C27H28ClNO4/c1-3-4-17-32-24-8-6-5-7-23(24)29-27(30)16-12-20-11-15-25(26(18-20)31-2)33-19-21-9-13-22(28)14-10-21/h5-16,18H,3-4,17,19H2,1-2H3,(H,29,30)/b16-12+. The van der Waals surface area contributed by atoms with Crippen LogP contribution in [0.2, 0.25) is 5.02 Å². The van der Waals surface area contributed by atoms with E-state index in [9.17, 15) is 4.79 Å². The first-order chi connectivity index (χ1) is 16.1. The van der Waals surface area contributed by atoms with Gasteiger partial charge in [-0.15, -0.1) is 0 Å². The number of carbonyl (C=O) groups excluding carboxylic acids is 1. The van der Waals surface area contributed by atoms with Crippen LogP contribution in [-0.4, -0.2) is 19.6 Å². The van der Waals surface area contributed by atoms with Gasteiger partial charge in [0.1, 0.15) is 12.4 Å². The van der Waals surface area contributed by atoms with E-state index in [0.29, 0.717) is 41.2 Å². The predicted molar refractivity (Wildman–Crippen MR) is 133 cm³/mol. The van der Waals surface area contributed by atoms with Crippen LogP contribution >= 0.6 is 11.6 Å². The van der Waals surface area contributed by atoms with Crippen molar-refractivity contribution in [3.8, 4) is 17.2 Å². The van der Waals surface area contributed by atoms with Gasteiger partial charge in [0, 0.05) is 11.1 Å². The van der Waals surface area contributed by atoms with Crippen LogP contribution in [0.25, 0.3) is 6.08 Å². The predicted octanol–water partition coefficient (Wildman–Crippen LogP) is 6.76. The van der Waals surface area contributed by atoms with E-state index in [0.717, 1.165) is 24.0 Å². The molecule has 0 aliphatic rings. The summed E-state index contributed by atoms with van der Waals surface area (Å²) in [6.45, 7) is 3.12. The number of hydrogen-bond donors (Lipinski definition) is 1. The van der Waals surface area contributed by atoms with Crippen molar-refractivity contribution in [2.24, 2.45) is 0 Å². The zero-order valence-corrected chi connectivity index (χ0v) is 19.6. The molecule has 5 nitrogen and oxygen atoms in total. The maximum atomic E-state index is 12.5. The molecule has 0 fully saturated rings. The maximum Gasteiger partial charge on any atom is 0.248 e. The van der Waals surface area contributed by atoms with Gasteiger partial charge >= 0.3 is 0 Å². The number of ether oxygens (including phenoxy) is 3. The summed E-state index contributed by atoms with van der Waals surface area (Å²) in [5, 5.41) is 3.56. The van der Waals surface area contributed by atoms with Gasteiger partial charge in [0.25, 0.3) is 0 Å². The molecule has 0 bridgehead atoms. The lowest BCUT2D eigenvalue weighted by Crippen LogP contribution is -2.09. The molecule has 0 radical (unpaired) electrons. The molecule has 0 aromatic heterocycles. The normalized spacial score (nSPS) is 10.8. The molecule has 33 heavy (non-hydrogen) atoms. The summed E-state index contributed by atoms with van der Waals surface area (Å²) in [5.41, 5.74) is 2.46. The van der Waals surface area contributed by atoms with Gasteiger partial charge in [-0.1, -0.05) is 55.3 Å². The second-order valence-electron chi connectivity index (χ2n) is 7.35. The minimum atomic E-state index is -0.247. The van der Waals surface area contributed by atoms with E-state index < -0.39 is 0 Å². The van der Waals surface area contributed by atoms with E-state index in [4.69, 9.17) is 25.8 Å². The molecule has 0 heterocycles. The third kappa shape index (κ3) is 7.58. The fraction of sp³-hybridized carbons (Fsp3) is 0.222. The van der Waals surface area contributed by atoms with Crippen molar-refractivity contribution in [3.63, 3.8) is 0 Å². The first kappa shape index (κ1) is 24.2. The van der Waals surface area contributed by atoms with Gasteiger partial charge in [-0.2, -0.15) is 0 Å². The molecular weight excluding hydrogens is 438 g/mol. The first-order valence-corrected chi connectivity index (χ1v) is 11.2. The molecule has 0 saturated heterocycles. The summed E-state index contributed by atoms with van der Waals surface area (Å²) < 4.78 is 17.1. The van der Waals surface area contributed by atoms with Crippen molar-refractivity contribution < 1.29 is 19.0 Å². The minimum Gasteiger partial charge on any atom is -0.493 e. The highest BCUT2D eigenvalue weighted by Crippen LogP contribution is 2.29. The molecule has 0 unspecified atom stereocenters. The number of anilines is 1. The molecule has 0 aliphatic heterocycles. The lowest BCUT2D eigenvalue weighted by Gasteiger charge is -2.12. The fourth-order valence-corrected chi connectivity index (χ4v) is 3.14. The fourth-order valence-electron chi connectivity index (χ4n) is 3.02. The largest absolute Gasteiger partial charge is 0.493 e. The van der Waals surface area contributed by atoms with Crippen LogP contribution in [0.4, 0.5) is 5.69 Å². The van der Waals surface area contributed by atoms with Crippen LogP contribution in [0.3, 0.4) is 0 Å². The summed E-state index contributed by atoms with van der Waals surface area (Å²) >= 11 is 5.92. The van der Waals surface area contributed by atoms with E-state index in [1.165, 1.54) is 6.08 Å². The number of methoxy groups -OCH3 is 1. The highest BCUT2D eigenvalue weighted by atomic mass is 35.5. The minimum absolute atomic E-state index is 0.247. The van der Waals surface area contributed by atoms with Crippen LogP contribution in [0.15, 0.2) is 72.8 Å². The second-order valence-corrected chi connectivity index (χ2v) is 7.78. The van der Waals surface area contributed by atoms with Crippen molar-refractivity contribution >= 4 is 29.3 Å². The Morgan fingerprint density at radius 3 is 2.52 bits per heavy atom. The SMILES string of the molecule is CCCCOc1ccccc1NC(=O)/C=C/c1ccc(OCc2ccc(Cl)cc2)c(OC)c1. The van der Waals surface area contributed by atoms with Crippen LogP contribution in [0.1, 0.15) is 30.9 Å². The highest BCUT2D eigenvalue weighted by molar-refractivity contribution is 6.30. The number of para-hydroxylation sites is 2. The monoisotopic (exact) mass is 465 g/mol. The number of hydrogen-bond acceptors (Lipinski definition) is 4. The molecular formula is C27H28ClNO4. The Balaban J connectivity index is 1.61. The first-order valence-electron chi connectivity index (χ1n) is 10.8. The summed E-state index contributed by atoms with van der Waals surface area (Å²) in [5.74, 6) is 1.62. The van der Waals surface area contributed by atoms with Crippen LogP contribution in [0, 0.1) is 0 Å². The topological polar surface area (TPSA) is 56.8 Å². The zero-order chi connectivity index (χ0) is 23.5. The molecule has 3 aromatic rings. The van der Waals surface area contributed by atoms with E-state index in [1.807, 2.05) is 66.7 Å². The number of carbonyl (C=O) groups is 1. The number of benzene rings is 3. The molecule has 0 spiro atoms. The van der Waals surface area contributed by atoms with Gasteiger partial charge in [0.2, 0.25) is 5.91 Å². The lowest BCUT2D eigenvalue weighted by molar-refractivity contribution is -0.111. The number of unbranched alkanes of at least 4 members (excludes halogenated alkanes) is 1. The van der Waals surface area contributed by atoms with Crippen LogP contribution in [0.5, 0.6) is 17.2 Å².